The van der Waals surface area contributed by atoms with E-state index in [-0.39, 0.29) is 5.54 Å². The third kappa shape index (κ3) is 4.07. The zero-order valence-corrected chi connectivity index (χ0v) is 25.5. The molecule has 1 nitrogen and oxygen atoms in total. The minimum atomic E-state index is 0.0339. The molecule has 0 aliphatic heterocycles. The molecule has 0 radical (unpaired) electrons. The Labute approximate surface area is 259 Å². The molecular weight excluding hydrogens is 530 g/mol. The first-order chi connectivity index (χ1) is 21.5. The highest BCUT2D eigenvalue weighted by Gasteiger charge is 2.23. The molecule has 7 aromatic carbocycles. The van der Waals surface area contributed by atoms with Gasteiger partial charge in [-0.3, -0.25) is 0 Å². The Morgan fingerprint density at radius 2 is 0.841 bits per heavy atom. The van der Waals surface area contributed by atoms with Gasteiger partial charge >= 0.3 is 0 Å². The van der Waals surface area contributed by atoms with Crippen molar-refractivity contribution in [3.8, 4) is 33.4 Å². The minimum Gasteiger partial charge on any atom is -0.335 e. The van der Waals surface area contributed by atoms with Crippen molar-refractivity contribution in [2.45, 2.75) is 32.7 Å². The van der Waals surface area contributed by atoms with Crippen LogP contribution >= 0.6 is 0 Å². The molecule has 8 aromatic rings. The normalized spacial score (nSPS) is 12.1. The number of para-hydroxylation sites is 1. The van der Waals surface area contributed by atoms with Gasteiger partial charge in [0.25, 0.3) is 0 Å². The molecule has 0 saturated heterocycles. The van der Waals surface area contributed by atoms with Crippen molar-refractivity contribution in [2.75, 3.05) is 0 Å². The highest BCUT2D eigenvalue weighted by Crippen LogP contribution is 2.44. The molecule has 1 heterocycles. The first-order valence-electron chi connectivity index (χ1n) is 15.7. The van der Waals surface area contributed by atoms with Crippen LogP contribution in [0.2, 0.25) is 0 Å². The van der Waals surface area contributed by atoms with Crippen LogP contribution in [0.3, 0.4) is 0 Å². The number of hydrogen-bond donors (Lipinski definition) is 0. The second-order valence-electron chi connectivity index (χ2n) is 12.5. The van der Waals surface area contributed by atoms with E-state index in [1.165, 1.54) is 76.7 Å². The number of aromatic nitrogens is 1. The molecule has 1 heteroatoms. The average Bonchev–Trinajstić information content (AvgIpc) is 3.42. The van der Waals surface area contributed by atoms with E-state index in [2.05, 4.69) is 171 Å². The van der Waals surface area contributed by atoms with E-state index in [1.54, 1.807) is 0 Å². The Bertz CT molecular complexity index is 2260. The van der Waals surface area contributed by atoms with Gasteiger partial charge in [0.1, 0.15) is 0 Å². The number of hydrogen-bond acceptors (Lipinski definition) is 0. The van der Waals surface area contributed by atoms with Crippen molar-refractivity contribution in [3.05, 3.63) is 146 Å². The Balaban J connectivity index is 1.29. The van der Waals surface area contributed by atoms with E-state index in [0.717, 1.165) is 6.42 Å². The smallest absolute Gasteiger partial charge is 0.0496 e. The quantitative estimate of drug-likeness (QED) is 0.183. The van der Waals surface area contributed by atoms with Crippen LogP contribution in [0, 0.1) is 0 Å². The molecule has 0 bridgehead atoms. The number of nitrogens with zero attached hydrogens (tertiary/aromatic N) is 1. The Morgan fingerprint density at radius 3 is 1.41 bits per heavy atom. The fourth-order valence-corrected chi connectivity index (χ4v) is 7.15. The van der Waals surface area contributed by atoms with Crippen molar-refractivity contribution in [1.82, 2.24) is 4.57 Å². The summed E-state index contributed by atoms with van der Waals surface area (Å²) >= 11 is 0. The second-order valence-corrected chi connectivity index (χ2v) is 12.5. The number of rotatable bonds is 5. The minimum absolute atomic E-state index is 0.0339. The van der Waals surface area contributed by atoms with Crippen LogP contribution in [0.1, 0.15) is 27.2 Å². The fourth-order valence-electron chi connectivity index (χ4n) is 7.15. The molecule has 1 aromatic heterocycles. The summed E-state index contributed by atoms with van der Waals surface area (Å²) in [6.45, 7) is 6.95. The van der Waals surface area contributed by atoms with Crippen molar-refractivity contribution < 1.29 is 0 Å². The Morgan fingerprint density at radius 1 is 0.409 bits per heavy atom. The van der Waals surface area contributed by atoms with Crippen LogP contribution in [0.25, 0.3) is 76.7 Å². The number of fused-ring (bicyclic) bond motifs is 5. The molecule has 0 N–H and O–H groups in total. The molecule has 0 amide bonds. The van der Waals surface area contributed by atoms with Gasteiger partial charge in [-0.1, -0.05) is 134 Å². The lowest BCUT2D eigenvalue weighted by Gasteiger charge is -2.27. The van der Waals surface area contributed by atoms with Crippen molar-refractivity contribution in [2.24, 2.45) is 0 Å². The molecular formula is C43H35N. The first-order valence-corrected chi connectivity index (χ1v) is 15.7. The lowest BCUT2D eigenvalue weighted by Crippen LogP contribution is -2.24. The molecule has 0 fully saturated rings. The molecule has 0 atom stereocenters. The largest absolute Gasteiger partial charge is 0.335 e. The van der Waals surface area contributed by atoms with Crippen LogP contribution in [0.15, 0.2) is 146 Å². The summed E-state index contributed by atoms with van der Waals surface area (Å²) in [6.07, 6.45) is 1.07. The molecule has 0 spiro atoms. The zero-order valence-electron chi connectivity index (χ0n) is 25.5. The Kier molecular flexibility index (Phi) is 6.17. The maximum Gasteiger partial charge on any atom is 0.0496 e. The molecule has 8 rings (SSSR count). The summed E-state index contributed by atoms with van der Waals surface area (Å²) in [7, 11) is 0. The van der Waals surface area contributed by atoms with Crippen LogP contribution < -0.4 is 0 Å². The summed E-state index contributed by atoms with van der Waals surface area (Å²) in [5.74, 6) is 0. The maximum absolute atomic E-state index is 2.53. The predicted molar refractivity (Wildman–Crippen MR) is 190 cm³/mol. The summed E-state index contributed by atoms with van der Waals surface area (Å²) < 4.78 is 2.53. The van der Waals surface area contributed by atoms with E-state index in [9.17, 15) is 0 Å². The molecule has 212 valence electrons. The summed E-state index contributed by atoms with van der Waals surface area (Å²) in [5, 5.41) is 7.77. The molecule has 0 aliphatic carbocycles. The predicted octanol–water partition coefficient (Wildman–Crippen LogP) is 12.2. The van der Waals surface area contributed by atoms with Gasteiger partial charge in [0.05, 0.1) is 0 Å². The van der Waals surface area contributed by atoms with Crippen LogP contribution in [0.5, 0.6) is 0 Å². The van der Waals surface area contributed by atoms with Crippen molar-refractivity contribution in [3.63, 3.8) is 0 Å². The highest BCUT2D eigenvalue weighted by atomic mass is 15.1. The molecule has 0 aliphatic rings. The van der Waals surface area contributed by atoms with Crippen molar-refractivity contribution in [1.29, 1.82) is 0 Å². The topological polar surface area (TPSA) is 4.93 Å². The average molecular weight is 566 g/mol. The monoisotopic (exact) mass is 565 g/mol. The van der Waals surface area contributed by atoms with Gasteiger partial charge < -0.3 is 4.57 Å². The number of benzene rings is 7. The van der Waals surface area contributed by atoms with Crippen LogP contribution in [-0.4, -0.2) is 4.57 Å². The standard InChI is InChI=1S/C43H35N/c1-4-43(2,3)44-39-21-13-12-16-33(39)38-28-32(26-27-40(38)44)29-22-24-31(25-23-29)42-36-19-10-8-17-34(36)41(30-14-6-5-7-15-30)35-18-9-11-20-37(35)42/h5-28H,4H2,1-3H3. The van der Waals surface area contributed by atoms with Gasteiger partial charge in [-0.25, -0.2) is 0 Å². The molecule has 0 saturated carbocycles. The second kappa shape index (κ2) is 10.2. The van der Waals surface area contributed by atoms with E-state index >= 15 is 0 Å². The van der Waals surface area contributed by atoms with Gasteiger partial charge in [0.15, 0.2) is 0 Å². The summed E-state index contributed by atoms with van der Waals surface area (Å²) in [6, 6.07) is 53.6. The Hall–Kier alpha value is -5.14. The maximum atomic E-state index is 2.53. The van der Waals surface area contributed by atoms with E-state index in [1.807, 2.05) is 0 Å². The van der Waals surface area contributed by atoms with Gasteiger partial charge in [0, 0.05) is 27.3 Å². The lowest BCUT2D eigenvalue weighted by atomic mass is 9.86. The zero-order chi connectivity index (χ0) is 29.8. The van der Waals surface area contributed by atoms with Crippen molar-refractivity contribution >= 4 is 43.4 Å². The first kappa shape index (κ1) is 26.5. The lowest BCUT2D eigenvalue weighted by molar-refractivity contribution is 0.364. The van der Waals surface area contributed by atoms with E-state index in [4.69, 9.17) is 0 Å². The highest BCUT2D eigenvalue weighted by molar-refractivity contribution is 6.21. The van der Waals surface area contributed by atoms with Gasteiger partial charge in [-0.2, -0.15) is 0 Å². The van der Waals surface area contributed by atoms with Gasteiger partial charge in [0.2, 0.25) is 0 Å². The van der Waals surface area contributed by atoms with E-state index in [0.29, 0.717) is 0 Å². The molecule has 0 unspecified atom stereocenters. The van der Waals surface area contributed by atoms with Crippen LogP contribution in [-0.2, 0) is 5.54 Å². The third-order valence-electron chi connectivity index (χ3n) is 9.64. The van der Waals surface area contributed by atoms with Gasteiger partial charge in [-0.05, 0) is 93.4 Å². The molecule has 44 heavy (non-hydrogen) atoms. The fraction of sp³-hybridized carbons (Fsp3) is 0.116. The SMILES string of the molecule is CCC(C)(C)n1c2ccccc2c2cc(-c3ccc(-c4c5ccccc5c(-c5ccccc5)c5ccccc45)cc3)ccc21. The third-order valence-corrected chi connectivity index (χ3v) is 9.64. The van der Waals surface area contributed by atoms with Crippen LogP contribution in [0.4, 0.5) is 0 Å². The van der Waals surface area contributed by atoms with Gasteiger partial charge in [-0.15, -0.1) is 0 Å². The summed E-state index contributed by atoms with van der Waals surface area (Å²) in [4.78, 5) is 0. The van der Waals surface area contributed by atoms with E-state index < -0.39 is 0 Å². The summed E-state index contributed by atoms with van der Waals surface area (Å²) in [5.41, 5.74) is 10.2.